The molecule has 112 valence electrons. The first kappa shape index (κ1) is 15.1. The second kappa shape index (κ2) is 6.45. The third kappa shape index (κ3) is 4.10. The maximum atomic E-state index is 12.1. The van der Waals surface area contributed by atoms with Crippen LogP contribution in [-0.4, -0.2) is 24.4 Å². The highest BCUT2D eigenvalue weighted by atomic mass is 16.3. The quantitative estimate of drug-likeness (QED) is 0.829. The van der Waals surface area contributed by atoms with Gasteiger partial charge in [-0.05, 0) is 50.7 Å². The number of aryl methyl sites for hydroxylation is 1. The number of hydrogen-bond donors (Lipinski definition) is 2. The van der Waals surface area contributed by atoms with Crippen LogP contribution in [0.4, 0.5) is 11.4 Å². The van der Waals surface area contributed by atoms with E-state index in [0.717, 1.165) is 22.8 Å². The number of nitrogen functional groups attached to an aromatic ring is 1. The van der Waals surface area contributed by atoms with Crippen molar-refractivity contribution >= 4 is 17.3 Å². The van der Waals surface area contributed by atoms with Crippen molar-refractivity contribution in [3.05, 3.63) is 47.4 Å². The zero-order valence-electron chi connectivity index (χ0n) is 12.6. The average molecular weight is 287 g/mol. The fourth-order valence-electron chi connectivity index (χ4n) is 2.12. The molecule has 1 aromatic heterocycles. The molecule has 1 amide bonds. The Balaban J connectivity index is 1.90. The Morgan fingerprint density at radius 3 is 2.71 bits per heavy atom. The highest BCUT2D eigenvalue weighted by molar-refractivity contribution is 5.93. The van der Waals surface area contributed by atoms with Gasteiger partial charge in [-0.3, -0.25) is 9.69 Å². The molecule has 1 heterocycles. The van der Waals surface area contributed by atoms with Gasteiger partial charge in [0.2, 0.25) is 5.91 Å². The van der Waals surface area contributed by atoms with Crippen molar-refractivity contribution < 1.29 is 9.21 Å². The number of rotatable bonds is 5. The average Bonchev–Trinajstić information content (AvgIpc) is 2.80. The van der Waals surface area contributed by atoms with Crippen molar-refractivity contribution in [2.24, 2.45) is 0 Å². The molecule has 0 aliphatic carbocycles. The van der Waals surface area contributed by atoms with Crippen LogP contribution in [0.2, 0.25) is 0 Å². The third-order valence-electron chi connectivity index (χ3n) is 3.29. The Hall–Kier alpha value is -2.27. The van der Waals surface area contributed by atoms with Crippen molar-refractivity contribution in [3.63, 3.8) is 0 Å². The second-order valence-corrected chi connectivity index (χ2v) is 5.25. The first-order valence-corrected chi connectivity index (χ1v) is 6.84. The van der Waals surface area contributed by atoms with E-state index in [-0.39, 0.29) is 12.5 Å². The normalized spacial score (nSPS) is 10.9. The summed E-state index contributed by atoms with van der Waals surface area (Å²) < 4.78 is 5.50. The first-order valence-electron chi connectivity index (χ1n) is 6.84. The van der Waals surface area contributed by atoms with Crippen LogP contribution in [0.25, 0.3) is 0 Å². The molecule has 5 heteroatoms. The Morgan fingerprint density at radius 1 is 1.29 bits per heavy atom. The van der Waals surface area contributed by atoms with E-state index in [1.54, 1.807) is 0 Å². The number of furan rings is 1. The lowest BCUT2D eigenvalue weighted by molar-refractivity contribution is -0.117. The molecule has 0 saturated carbocycles. The maximum absolute atomic E-state index is 12.1. The fraction of sp³-hybridized carbons (Fsp3) is 0.312. The topological polar surface area (TPSA) is 71.5 Å². The monoisotopic (exact) mass is 287 g/mol. The molecular formula is C16H21N3O2. The third-order valence-corrected chi connectivity index (χ3v) is 3.29. The van der Waals surface area contributed by atoms with Crippen LogP contribution in [0.3, 0.4) is 0 Å². The fourth-order valence-corrected chi connectivity index (χ4v) is 2.12. The number of likely N-dealkylation sites (N-methyl/N-ethyl adjacent to an activating group) is 1. The summed E-state index contributed by atoms with van der Waals surface area (Å²) in [6.45, 7) is 4.67. The number of nitrogens with one attached hydrogen (secondary N) is 1. The molecule has 5 nitrogen and oxygen atoms in total. The van der Waals surface area contributed by atoms with Crippen LogP contribution in [0.5, 0.6) is 0 Å². The van der Waals surface area contributed by atoms with Gasteiger partial charge in [-0.15, -0.1) is 0 Å². The molecule has 21 heavy (non-hydrogen) atoms. The molecule has 0 unspecified atom stereocenters. The highest BCUT2D eigenvalue weighted by Crippen LogP contribution is 2.20. The number of benzene rings is 1. The molecule has 0 radical (unpaired) electrons. The summed E-state index contributed by atoms with van der Waals surface area (Å²) in [5.74, 6) is 1.65. The van der Waals surface area contributed by atoms with Crippen molar-refractivity contribution in [3.8, 4) is 0 Å². The number of hydrogen-bond acceptors (Lipinski definition) is 4. The number of nitrogens with zero attached hydrogens (tertiary/aromatic N) is 1. The van der Waals surface area contributed by atoms with Crippen molar-refractivity contribution in [1.82, 2.24) is 4.90 Å². The standard InChI is InChI=1S/C16H21N3O2/c1-11-7-8-13(21-11)9-19(3)10-16(20)18-15-6-4-5-14(17)12(15)2/h4-8H,9-10,17H2,1-3H3,(H,18,20). The summed E-state index contributed by atoms with van der Waals surface area (Å²) in [5, 5.41) is 2.88. The summed E-state index contributed by atoms with van der Waals surface area (Å²) in [5.41, 5.74) is 8.14. The SMILES string of the molecule is Cc1ccc(CN(C)CC(=O)Nc2cccc(N)c2C)o1. The largest absolute Gasteiger partial charge is 0.465 e. The molecule has 0 fully saturated rings. The molecule has 3 N–H and O–H groups in total. The van der Waals surface area contributed by atoms with Gasteiger partial charge in [-0.25, -0.2) is 0 Å². The van der Waals surface area contributed by atoms with Gasteiger partial charge < -0.3 is 15.5 Å². The Kier molecular flexibility index (Phi) is 4.65. The summed E-state index contributed by atoms with van der Waals surface area (Å²) in [4.78, 5) is 14.0. The Labute approximate surface area is 124 Å². The molecule has 0 saturated heterocycles. The van der Waals surface area contributed by atoms with E-state index in [1.807, 2.05) is 56.1 Å². The number of carbonyl (C=O) groups excluding carboxylic acids is 1. The summed E-state index contributed by atoms with van der Waals surface area (Å²) in [6, 6.07) is 9.33. The van der Waals surface area contributed by atoms with Crippen molar-refractivity contribution in [2.75, 3.05) is 24.6 Å². The van der Waals surface area contributed by atoms with Gasteiger partial charge in [0, 0.05) is 11.4 Å². The summed E-state index contributed by atoms with van der Waals surface area (Å²) in [7, 11) is 1.88. The summed E-state index contributed by atoms with van der Waals surface area (Å²) >= 11 is 0. The maximum Gasteiger partial charge on any atom is 0.238 e. The van der Waals surface area contributed by atoms with E-state index in [9.17, 15) is 4.79 Å². The molecule has 2 aromatic rings. The lowest BCUT2D eigenvalue weighted by Gasteiger charge is -2.16. The Bertz CT molecular complexity index is 634. The predicted molar refractivity (Wildman–Crippen MR) is 84.0 cm³/mol. The van der Waals surface area contributed by atoms with Gasteiger partial charge in [-0.2, -0.15) is 0 Å². The van der Waals surface area contributed by atoms with Crippen LogP contribution >= 0.6 is 0 Å². The van der Waals surface area contributed by atoms with Crippen LogP contribution in [0, 0.1) is 13.8 Å². The smallest absolute Gasteiger partial charge is 0.238 e. The molecule has 0 spiro atoms. The number of amides is 1. The highest BCUT2D eigenvalue weighted by Gasteiger charge is 2.11. The van der Waals surface area contributed by atoms with E-state index < -0.39 is 0 Å². The van der Waals surface area contributed by atoms with Crippen LogP contribution in [-0.2, 0) is 11.3 Å². The van der Waals surface area contributed by atoms with E-state index in [2.05, 4.69) is 5.32 Å². The minimum Gasteiger partial charge on any atom is -0.465 e. The molecule has 0 atom stereocenters. The van der Waals surface area contributed by atoms with Gasteiger partial charge >= 0.3 is 0 Å². The van der Waals surface area contributed by atoms with Crippen molar-refractivity contribution in [1.29, 1.82) is 0 Å². The molecule has 0 aliphatic rings. The lowest BCUT2D eigenvalue weighted by atomic mass is 10.1. The molecule has 1 aromatic carbocycles. The lowest BCUT2D eigenvalue weighted by Crippen LogP contribution is -2.30. The summed E-state index contributed by atoms with van der Waals surface area (Å²) in [6.07, 6.45) is 0. The van der Waals surface area contributed by atoms with Gasteiger partial charge in [0.25, 0.3) is 0 Å². The minimum absolute atomic E-state index is 0.0746. The number of carbonyl (C=O) groups is 1. The zero-order valence-corrected chi connectivity index (χ0v) is 12.6. The molecule has 0 aliphatic heterocycles. The molecule has 0 bridgehead atoms. The predicted octanol–water partition coefficient (Wildman–Crippen LogP) is 2.55. The van der Waals surface area contributed by atoms with E-state index in [0.29, 0.717) is 12.2 Å². The van der Waals surface area contributed by atoms with E-state index >= 15 is 0 Å². The minimum atomic E-state index is -0.0746. The van der Waals surface area contributed by atoms with Gasteiger partial charge in [0.05, 0.1) is 13.1 Å². The van der Waals surface area contributed by atoms with E-state index in [4.69, 9.17) is 10.2 Å². The zero-order chi connectivity index (χ0) is 15.4. The first-order chi connectivity index (χ1) is 9.95. The second-order valence-electron chi connectivity index (χ2n) is 5.25. The number of anilines is 2. The van der Waals surface area contributed by atoms with Crippen LogP contribution in [0.1, 0.15) is 17.1 Å². The number of nitrogens with two attached hydrogens (primary N) is 1. The molecule has 2 rings (SSSR count). The van der Waals surface area contributed by atoms with E-state index in [1.165, 1.54) is 0 Å². The Morgan fingerprint density at radius 2 is 2.05 bits per heavy atom. The van der Waals surface area contributed by atoms with Gasteiger partial charge in [0.1, 0.15) is 11.5 Å². The van der Waals surface area contributed by atoms with Gasteiger partial charge in [0.15, 0.2) is 0 Å². The molecular weight excluding hydrogens is 266 g/mol. The van der Waals surface area contributed by atoms with Crippen LogP contribution < -0.4 is 11.1 Å². The van der Waals surface area contributed by atoms with Crippen LogP contribution in [0.15, 0.2) is 34.7 Å². The van der Waals surface area contributed by atoms with Crippen molar-refractivity contribution in [2.45, 2.75) is 20.4 Å². The van der Waals surface area contributed by atoms with Gasteiger partial charge in [-0.1, -0.05) is 6.07 Å².